The Hall–Kier alpha value is -2.68. The molecule has 6 nitrogen and oxygen atoms in total. The lowest BCUT2D eigenvalue weighted by atomic mass is 9.85. The van der Waals surface area contributed by atoms with Gasteiger partial charge in [0.25, 0.3) is 0 Å². The van der Waals surface area contributed by atoms with E-state index in [1.54, 1.807) is 13.3 Å². The van der Waals surface area contributed by atoms with Crippen molar-refractivity contribution < 1.29 is 9.53 Å². The van der Waals surface area contributed by atoms with Gasteiger partial charge in [-0.3, -0.25) is 4.79 Å². The Kier molecular flexibility index (Phi) is 4.93. The van der Waals surface area contributed by atoms with Crippen LogP contribution in [-0.4, -0.2) is 40.4 Å². The highest BCUT2D eigenvalue weighted by atomic mass is 16.5. The molecule has 2 unspecified atom stereocenters. The van der Waals surface area contributed by atoms with Gasteiger partial charge in [0.1, 0.15) is 11.8 Å². The summed E-state index contributed by atoms with van der Waals surface area (Å²) in [4.78, 5) is 27.6. The number of ether oxygens (including phenoxy) is 1. The van der Waals surface area contributed by atoms with Gasteiger partial charge in [0, 0.05) is 31.5 Å². The van der Waals surface area contributed by atoms with E-state index in [-0.39, 0.29) is 5.78 Å². The Morgan fingerprint density at radius 3 is 3.15 bits per heavy atom. The minimum Gasteiger partial charge on any atom is -0.489 e. The molecule has 140 valence electrons. The number of aromatic nitrogens is 3. The predicted molar refractivity (Wildman–Crippen MR) is 104 cm³/mol. The van der Waals surface area contributed by atoms with Gasteiger partial charge < -0.3 is 9.64 Å². The summed E-state index contributed by atoms with van der Waals surface area (Å²) in [7, 11) is 0. The standard InChI is InChI=1S/C21H24N4O2/c1-3-5-17(26)8-7-15-6-4-9-25-11-16(15)12-27-19-10-18-20(24-21(19)25)14(2)22-13-23-18/h10,13,15-16H,4,6-9,11-12H2,1-2H3. The summed E-state index contributed by atoms with van der Waals surface area (Å²) in [6.45, 7) is 6.19. The van der Waals surface area contributed by atoms with Crippen LogP contribution in [0.4, 0.5) is 5.82 Å². The van der Waals surface area contributed by atoms with Gasteiger partial charge in [-0.15, -0.1) is 0 Å². The molecule has 1 saturated heterocycles. The molecule has 2 aliphatic rings. The molecule has 2 aliphatic heterocycles. The Morgan fingerprint density at radius 1 is 1.41 bits per heavy atom. The third kappa shape index (κ3) is 3.59. The van der Waals surface area contributed by atoms with Gasteiger partial charge in [0.05, 0.1) is 17.8 Å². The van der Waals surface area contributed by atoms with E-state index in [4.69, 9.17) is 9.72 Å². The SMILES string of the molecule is CC#CC(=O)CCC1CCCN2CC1COc1cc3ncnc(C)c3nc12. The van der Waals surface area contributed by atoms with Gasteiger partial charge in [0.15, 0.2) is 11.6 Å². The number of anilines is 1. The van der Waals surface area contributed by atoms with Crippen LogP contribution >= 0.6 is 0 Å². The van der Waals surface area contributed by atoms with E-state index in [1.807, 2.05) is 13.0 Å². The number of ketones is 1. The number of carbonyl (C=O) groups excluding carboxylic acids is 1. The Bertz CT molecular complexity index is 931. The average Bonchev–Trinajstić information content (AvgIpc) is 2.97. The molecule has 0 aliphatic carbocycles. The fourth-order valence-corrected chi connectivity index (χ4v) is 4.19. The van der Waals surface area contributed by atoms with E-state index in [2.05, 4.69) is 26.7 Å². The molecule has 4 rings (SSSR count). The minimum atomic E-state index is 0.0402. The van der Waals surface area contributed by atoms with Crippen LogP contribution < -0.4 is 9.64 Å². The molecule has 0 N–H and O–H groups in total. The summed E-state index contributed by atoms with van der Waals surface area (Å²) in [5.41, 5.74) is 2.53. The molecule has 2 bridgehead atoms. The minimum absolute atomic E-state index is 0.0402. The summed E-state index contributed by atoms with van der Waals surface area (Å²) < 4.78 is 6.17. The second-order valence-electron chi connectivity index (χ2n) is 7.39. The van der Waals surface area contributed by atoms with Crippen LogP contribution in [0, 0.1) is 30.6 Å². The van der Waals surface area contributed by atoms with E-state index in [0.29, 0.717) is 24.9 Å². The number of hydrogen-bond acceptors (Lipinski definition) is 6. The van der Waals surface area contributed by atoms with Crippen LogP contribution in [0.1, 0.15) is 38.3 Å². The summed E-state index contributed by atoms with van der Waals surface area (Å²) >= 11 is 0. The van der Waals surface area contributed by atoms with Gasteiger partial charge in [-0.05, 0) is 44.9 Å². The molecule has 0 saturated carbocycles. The molecular formula is C21H24N4O2. The molecule has 4 heterocycles. The largest absolute Gasteiger partial charge is 0.489 e. The zero-order valence-corrected chi connectivity index (χ0v) is 15.9. The number of pyridine rings is 1. The molecule has 6 heteroatoms. The van der Waals surface area contributed by atoms with Crippen LogP contribution in [0.3, 0.4) is 0 Å². The number of fused-ring (bicyclic) bond motifs is 5. The van der Waals surface area contributed by atoms with Crippen LogP contribution in [0.15, 0.2) is 12.4 Å². The van der Waals surface area contributed by atoms with Crippen LogP contribution in [0.25, 0.3) is 11.0 Å². The number of hydrogen-bond donors (Lipinski definition) is 0. The Balaban J connectivity index is 1.59. The second-order valence-corrected chi connectivity index (χ2v) is 7.39. The molecule has 2 aromatic rings. The highest BCUT2D eigenvalue weighted by Crippen LogP contribution is 2.38. The van der Waals surface area contributed by atoms with Gasteiger partial charge in [-0.1, -0.05) is 5.92 Å². The summed E-state index contributed by atoms with van der Waals surface area (Å²) in [5, 5.41) is 0. The quantitative estimate of drug-likeness (QED) is 0.616. The number of rotatable bonds is 3. The lowest BCUT2D eigenvalue weighted by Crippen LogP contribution is -2.31. The Morgan fingerprint density at radius 2 is 2.30 bits per heavy atom. The average molecular weight is 364 g/mol. The van der Waals surface area contributed by atoms with E-state index in [1.165, 1.54) is 0 Å². The van der Waals surface area contributed by atoms with Gasteiger partial charge in [-0.2, -0.15) is 0 Å². The van der Waals surface area contributed by atoms with E-state index < -0.39 is 0 Å². The number of Topliss-reactive ketones (excluding diaryl/α,β-unsaturated/α-hetero) is 1. The molecule has 0 spiro atoms. The second kappa shape index (κ2) is 7.51. The van der Waals surface area contributed by atoms with Gasteiger partial charge in [-0.25, -0.2) is 15.0 Å². The van der Waals surface area contributed by atoms with E-state index in [0.717, 1.165) is 60.6 Å². The molecule has 0 radical (unpaired) electrons. The first-order valence-corrected chi connectivity index (χ1v) is 9.61. The molecule has 27 heavy (non-hydrogen) atoms. The number of aryl methyl sites for hydroxylation is 1. The first-order valence-electron chi connectivity index (χ1n) is 9.61. The molecule has 0 amide bonds. The lowest BCUT2D eigenvalue weighted by Gasteiger charge is -2.25. The van der Waals surface area contributed by atoms with Crippen LogP contribution in [0.2, 0.25) is 0 Å². The van der Waals surface area contributed by atoms with Crippen molar-refractivity contribution in [3.63, 3.8) is 0 Å². The summed E-state index contributed by atoms with van der Waals surface area (Å²) in [5.74, 6) is 7.96. The monoisotopic (exact) mass is 364 g/mol. The third-order valence-electron chi connectivity index (χ3n) is 5.62. The fourth-order valence-electron chi connectivity index (χ4n) is 4.19. The predicted octanol–water partition coefficient (Wildman–Crippen LogP) is 2.93. The number of carbonyl (C=O) groups is 1. The Labute approximate surface area is 159 Å². The van der Waals surface area contributed by atoms with Crippen molar-refractivity contribution in [1.82, 2.24) is 15.0 Å². The van der Waals surface area contributed by atoms with Crippen molar-refractivity contribution in [2.24, 2.45) is 11.8 Å². The van der Waals surface area contributed by atoms with Crippen LogP contribution in [0.5, 0.6) is 5.75 Å². The molecule has 2 atom stereocenters. The van der Waals surface area contributed by atoms with Crippen molar-refractivity contribution in [1.29, 1.82) is 0 Å². The maximum atomic E-state index is 11.8. The van der Waals surface area contributed by atoms with Crippen molar-refractivity contribution in [2.75, 3.05) is 24.6 Å². The van der Waals surface area contributed by atoms with Crippen LogP contribution in [-0.2, 0) is 4.79 Å². The topological polar surface area (TPSA) is 68.2 Å². The van der Waals surface area contributed by atoms with Crippen molar-refractivity contribution in [2.45, 2.75) is 39.5 Å². The van der Waals surface area contributed by atoms with E-state index in [9.17, 15) is 4.79 Å². The highest BCUT2D eigenvalue weighted by Gasteiger charge is 2.32. The molecule has 2 aromatic heterocycles. The maximum absolute atomic E-state index is 11.8. The number of nitrogens with zero attached hydrogens (tertiary/aromatic N) is 4. The zero-order chi connectivity index (χ0) is 18.8. The summed E-state index contributed by atoms with van der Waals surface area (Å²) in [6, 6.07) is 1.98. The van der Waals surface area contributed by atoms with Crippen molar-refractivity contribution in [3.8, 4) is 17.6 Å². The first kappa shape index (κ1) is 17.7. The van der Waals surface area contributed by atoms with E-state index >= 15 is 0 Å². The molecule has 0 aromatic carbocycles. The summed E-state index contributed by atoms with van der Waals surface area (Å²) in [6.07, 6.45) is 5.19. The van der Waals surface area contributed by atoms with Gasteiger partial charge in [0.2, 0.25) is 5.78 Å². The fraction of sp³-hybridized carbons (Fsp3) is 0.524. The molecule has 1 fully saturated rings. The normalized spacial score (nSPS) is 21.3. The van der Waals surface area contributed by atoms with Crippen molar-refractivity contribution >= 4 is 22.6 Å². The molecular weight excluding hydrogens is 340 g/mol. The van der Waals surface area contributed by atoms with Gasteiger partial charge >= 0.3 is 0 Å². The smallest absolute Gasteiger partial charge is 0.205 e. The highest BCUT2D eigenvalue weighted by molar-refractivity contribution is 5.95. The first-order chi connectivity index (χ1) is 13.2. The third-order valence-corrected chi connectivity index (χ3v) is 5.62. The lowest BCUT2D eigenvalue weighted by molar-refractivity contribution is -0.114. The van der Waals surface area contributed by atoms with Crippen molar-refractivity contribution in [3.05, 3.63) is 18.1 Å². The maximum Gasteiger partial charge on any atom is 0.205 e. The zero-order valence-electron chi connectivity index (χ0n) is 15.9.